The summed E-state index contributed by atoms with van der Waals surface area (Å²) in [6, 6.07) is 11.7. The Hall–Kier alpha value is -2.63. The number of hydrogen-bond donors (Lipinski definition) is 1. The lowest BCUT2D eigenvalue weighted by Gasteiger charge is -2.01. The summed E-state index contributed by atoms with van der Waals surface area (Å²) >= 11 is 0. The monoisotopic (exact) mass is 255 g/mol. The smallest absolute Gasteiger partial charge is 0.246 e. The molecule has 3 aromatic rings. The van der Waals surface area contributed by atoms with Gasteiger partial charge in [-0.2, -0.15) is 10.1 Å². The van der Waals surface area contributed by atoms with Gasteiger partial charge in [0.15, 0.2) is 0 Å². The van der Waals surface area contributed by atoms with Crippen LogP contribution in [0.1, 0.15) is 5.89 Å². The third kappa shape index (κ3) is 2.62. The average molecular weight is 255 g/mol. The summed E-state index contributed by atoms with van der Waals surface area (Å²) in [5.74, 6) is 1.04. The molecule has 0 amide bonds. The Morgan fingerprint density at radius 3 is 2.79 bits per heavy atom. The summed E-state index contributed by atoms with van der Waals surface area (Å²) in [6.45, 7) is 0.490. The highest BCUT2D eigenvalue weighted by Crippen LogP contribution is 2.13. The van der Waals surface area contributed by atoms with E-state index >= 15 is 0 Å². The molecular weight excluding hydrogens is 242 g/mol. The van der Waals surface area contributed by atoms with E-state index in [9.17, 15) is 0 Å². The van der Waals surface area contributed by atoms with Crippen molar-refractivity contribution >= 4 is 5.69 Å². The number of nitrogens with one attached hydrogen (secondary N) is 1. The van der Waals surface area contributed by atoms with Crippen LogP contribution in [0, 0.1) is 0 Å². The minimum atomic E-state index is 0.490. The Bertz CT molecular complexity index is 658. The number of benzene rings is 1. The molecule has 0 saturated heterocycles. The van der Waals surface area contributed by atoms with Crippen LogP contribution in [0.25, 0.3) is 11.5 Å². The SMILES string of the molecule is Cn1ccc(-c2noc(CNc3ccccc3)n2)n1. The maximum absolute atomic E-state index is 5.18. The van der Waals surface area contributed by atoms with E-state index in [1.54, 1.807) is 4.68 Å². The molecule has 0 saturated carbocycles. The number of nitrogens with zero attached hydrogens (tertiary/aromatic N) is 4. The van der Waals surface area contributed by atoms with Gasteiger partial charge in [-0.1, -0.05) is 23.4 Å². The van der Waals surface area contributed by atoms with Crippen molar-refractivity contribution < 1.29 is 4.52 Å². The summed E-state index contributed by atoms with van der Waals surface area (Å²) < 4.78 is 6.88. The van der Waals surface area contributed by atoms with Gasteiger partial charge in [-0.25, -0.2) is 0 Å². The zero-order chi connectivity index (χ0) is 13.1. The van der Waals surface area contributed by atoms with Crippen LogP contribution in [0.5, 0.6) is 0 Å². The lowest BCUT2D eigenvalue weighted by molar-refractivity contribution is 0.384. The Morgan fingerprint density at radius 1 is 1.21 bits per heavy atom. The summed E-state index contributed by atoms with van der Waals surface area (Å²) in [7, 11) is 1.85. The van der Waals surface area contributed by atoms with Gasteiger partial charge in [0.2, 0.25) is 11.7 Å². The van der Waals surface area contributed by atoms with Gasteiger partial charge in [0.05, 0.1) is 6.54 Å². The molecule has 0 aliphatic heterocycles. The first-order valence-electron chi connectivity index (χ1n) is 5.93. The highest BCUT2D eigenvalue weighted by atomic mass is 16.5. The van der Waals surface area contributed by atoms with Crippen molar-refractivity contribution in [3.63, 3.8) is 0 Å². The molecule has 19 heavy (non-hydrogen) atoms. The molecule has 0 unspecified atom stereocenters. The van der Waals surface area contributed by atoms with E-state index in [1.807, 2.05) is 49.6 Å². The molecule has 0 radical (unpaired) electrons. The van der Waals surface area contributed by atoms with E-state index in [4.69, 9.17) is 4.52 Å². The van der Waals surface area contributed by atoms with Crippen LogP contribution in [0.4, 0.5) is 5.69 Å². The molecule has 6 heteroatoms. The zero-order valence-electron chi connectivity index (χ0n) is 10.4. The molecule has 0 aliphatic carbocycles. The van der Waals surface area contributed by atoms with Crippen molar-refractivity contribution in [2.75, 3.05) is 5.32 Å². The predicted octanol–water partition coefficient (Wildman–Crippen LogP) is 2.08. The third-order valence-electron chi connectivity index (χ3n) is 2.63. The van der Waals surface area contributed by atoms with Crippen molar-refractivity contribution in [2.45, 2.75) is 6.54 Å². The lowest BCUT2D eigenvalue weighted by Crippen LogP contribution is -1.99. The van der Waals surface area contributed by atoms with E-state index in [2.05, 4.69) is 20.6 Å². The fourth-order valence-electron chi connectivity index (χ4n) is 1.70. The van der Waals surface area contributed by atoms with Crippen LogP contribution in [0.15, 0.2) is 47.1 Å². The lowest BCUT2D eigenvalue weighted by atomic mass is 10.3. The first-order chi connectivity index (χ1) is 9.31. The Kier molecular flexibility index (Phi) is 2.97. The van der Waals surface area contributed by atoms with Crippen LogP contribution in [-0.4, -0.2) is 19.9 Å². The number of anilines is 1. The highest BCUT2D eigenvalue weighted by Gasteiger charge is 2.10. The molecule has 0 bridgehead atoms. The molecule has 0 atom stereocenters. The molecule has 2 heterocycles. The zero-order valence-corrected chi connectivity index (χ0v) is 10.4. The van der Waals surface area contributed by atoms with E-state index in [1.165, 1.54) is 0 Å². The molecule has 96 valence electrons. The van der Waals surface area contributed by atoms with Crippen molar-refractivity contribution in [3.8, 4) is 11.5 Å². The molecular formula is C13H13N5O. The van der Waals surface area contributed by atoms with Gasteiger partial charge < -0.3 is 9.84 Å². The van der Waals surface area contributed by atoms with Crippen molar-refractivity contribution in [1.82, 2.24) is 19.9 Å². The maximum atomic E-state index is 5.18. The van der Waals surface area contributed by atoms with Gasteiger partial charge in [0.25, 0.3) is 0 Å². The van der Waals surface area contributed by atoms with Gasteiger partial charge >= 0.3 is 0 Å². The quantitative estimate of drug-likeness (QED) is 0.773. The molecule has 6 nitrogen and oxygen atoms in total. The van der Waals surface area contributed by atoms with Crippen LogP contribution >= 0.6 is 0 Å². The number of hydrogen-bond acceptors (Lipinski definition) is 5. The topological polar surface area (TPSA) is 68.8 Å². The fourth-order valence-corrected chi connectivity index (χ4v) is 1.70. The van der Waals surface area contributed by atoms with E-state index in [0.717, 1.165) is 5.69 Å². The second-order valence-electron chi connectivity index (χ2n) is 4.11. The van der Waals surface area contributed by atoms with E-state index in [0.29, 0.717) is 24.0 Å². The second kappa shape index (κ2) is 4.93. The molecule has 1 aromatic carbocycles. The summed E-state index contributed by atoms with van der Waals surface area (Å²) in [4.78, 5) is 4.29. The fraction of sp³-hybridized carbons (Fsp3) is 0.154. The number of aromatic nitrogens is 4. The van der Waals surface area contributed by atoms with Crippen LogP contribution < -0.4 is 5.32 Å². The predicted molar refractivity (Wildman–Crippen MR) is 70.3 cm³/mol. The normalized spacial score (nSPS) is 10.6. The standard InChI is InChI=1S/C13H13N5O/c1-18-8-7-11(16-18)13-15-12(19-17-13)9-14-10-5-3-2-4-6-10/h2-8,14H,9H2,1H3. The average Bonchev–Trinajstić information content (AvgIpc) is 3.06. The van der Waals surface area contributed by atoms with Gasteiger partial charge in [-0.05, 0) is 18.2 Å². The molecule has 2 aromatic heterocycles. The third-order valence-corrected chi connectivity index (χ3v) is 2.63. The highest BCUT2D eigenvalue weighted by molar-refractivity contribution is 5.47. The van der Waals surface area contributed by atoms with Crippen molar-refractivity contribution in [3.05, 3.63) is 48.5 Å². The van der Waals surface area contributed by atoms with Crippen LogP contribution in [0.3, 0.4) is 0 Å². The van der Waals surface area contributed by atoms with Crippen molar-refractivity contribution in [2.24, 2.45) is 7.05 Å². The first kappa shape index (κ1) is 11.5. The van der Waals surface area contributed by atoms with Crippen molar-refractivity contribution in [1.29, 1.82) is 0 Å². The number of aryl methyl sites for hydroxylation is 1. The minimum Gasteiger partial charge on any atom is -0.376 e. The largest absolute Gasteiger partial charge is 0.376 e. The second-order valence-corrected chi connectivity index (χ2v) is 4.11. The van der Waals surface area contributed by atoms with E-state index in [-0.39, 0.29) is 0 Å². The maximum Gasteiger partial charge on any atom is 0.246 e. The molecule has 0 aliphatic rings. The Morgan fingerprint density at radius 2 is 2.05 bits per heavy atom. The Balaban J connectivity index is 1.68. The molecule has 0 fully saturated rings. The number of para-hydroxylation sites is 1. The van der Waals surface area contributed by atoms with Gasteiger partial charge in [-0.15, -0.1) is 0 Å². The summed E-state index contributed by atoms with van der Waals surface area (Å²) in [6.07, 6.45) is 1.84. The molecule has 1 N–H and O–H groups in total. The minimum absolute atomic E-state index is 0.490. The molecule has 0 spiro atoms. The van der Waals surface area contributed by atoms with Crippen LogP contribution in [0.2, 0.25) is 0 Å². The summed E-state index contributed by atoms with van der Waals surface area (Å²) in [5.41, 5.74) is 1.72. The number of rotatable bonds is 4. The van der Waals surface area contributed by atoms with Gasteiger partial charge in [-0.3, -0.25) is 4.68 Å². The first-order valence-corrected chi connectivity index (χ1v) is 5.93. The van der Waals surface area contributed by atoms with Gasteiger partial charge in [0, 0.05) is 18.9 Å². The van der Waals surface area contributed by atoms with Crippen LogP contribution in [-0.2, 0) is 13.6 Å². The van der Waals surface area contributed by atoms with E-state index < -0.39 is 0 Å². The summed E-state index contributed by atoms with van der Waals surface area (Å²) in [5, 5.41) is 11.3. The Labute approximate surface area is 110 Å². The van der Waals surface area contributed by atoms with Gasteiger partial charge in [0.1, 0.15) is 5.69 Å². The molecule has 3 rings (SSSR count).